The minimum absolute atomic E-state index is 0.0535. The molecule has 0 radical (unpaired) electrons. The zero-order valence-electron chi connectivity index (χ0n) is 17.4. The lowest BCUT2D eigenvalue weighted by atomic mass is 10.1. The van der Waals surface area contributed by atoms with E-state index in [2.05, 4.69) is 15.1 Å². The fraction of sp³-hybridized carbons (Fsp3) is 0.364. The van der Waals surface area contributed by atoms with Crippen LogP contribution < -0.4 is 9.47 Å². The van der Waals surface area contributed by atoms with Crippen molar-refractivity contribution in [2.45, 2.75) is 45.3 Å². The molecule has 1 saturated carbocycles. The van der Waals surface area contributed by atoms with E-state index in [1.165, 1.54) is 0 Å². The van der Waals surface area contributed by atoms with Crippen LogP contribution in [0.25, 0.3) is 22.8 Å². The van der Waals surface area contributed by atoms with Gasteiger partial charge in [0.1, 0.15) is 10.8 Å². The van der Waals surface area contributed by atoms with Gasteiger partial charge in [0.25, 0.3) is 5.89 Å². The van der Waals surface area contributed by atoms with Gasteiger partial charge in [-0.25, -0.2) is 4.98 Å². The third kappa shape index (κ3) is 4.97. The summed E-state index contributed by atoms with van der Waals surface area (Å²) in [6, 6.07) is 6.80. The van der Waals surface area contributed by atoms with Crippen molar-refractivity contribution in [2.24, 2.45) is 5.92 Å². The number of pyridine rings is 1. The lowest BCUT2D eigenvalue weighted by Gasteiger charge is -2.14. The molecule has 1 aromatic carbocycles. The first-order valence-corrected chi connectivity index (χ1v) is 10.9. The minimum Gasteiger partial charge on any atom is -0.490 e. The average molecular weight is 478 g/mol. The summed E-state index contributed by atoms with van der Waals surface area (Å²) in [4.78, 5) is 19.7. The van der Waals surface area contributed by atoms with Crippen LogP contribution in [0.5, 0.6) is 11.6 Å². The fourth-order valence-corrected chi connectivity index (χ4v) is 3.98. The van der Waals surface area contributed by atoms with Crippen molar-refractivity contribution in [1.82, 2.24) is 15.1 Å². The lowest BCUT2D eigenvalue weighted by molar-refractivity contribution is -0.141. The number of hydrogen-bond acceptors (Lipinski definition) is 7. The molecule has 0 unspecified atom stereocenters. The van der Waals surface area contributed by atoms with Gasteiger partial charge in [0.05, 0.1) is 28.7 Å². The summed E-state index contributed by atoms with van der Waals surface area (Å²) in [6.07, 6.45) is 3.14. The van der Waals surface area contributed by atoms with Crippen LogP contribution in [0.1, 0.15) is 33.1 Å². The van der Waals surface area contributed by atoms with Gasteiger partial charge in [-0.2, -0.15) is 4.98 Å². The van der Waals surface area contributed by atoms with Crippen LogP contribution in [0, 0.1) is 5.92 Å². The van der Waals surface area contributed by atoms with Crippen molar-refractivity contribution >= 4 is 29.2 Å². The van der Waals surface area contributed by atoms with E-state index in [9.17, 15) is 4.79 Å². The molecule has 8 nitrogen and oxygen atoms in total. The average Bonchev–Trinajstić information content (AvgIpc) is 3.39. The number of carbonyl (C=O) groups is 1. The second kappa shape index (κ2) is 9.34. The van der Waals surface area contributed by atoms with Gasteiger partial charge in [-0.05, 0) is 57.4 Å². The van der Waals surface area contributed by atoms with E-state index in [4.69, 9.17) is 42.3 Å². The Labute approximate surface area is 194 Å². The minimum atomic E-state index is -0.782. The molecule has 32 heavy (non-hydrogen) atoms. The smallest absolute Gasteiger partial charge is 0.306 e. The number of hydrogen-bond donors (Lipinski definition) is 1. The van der Waals surface area contributed by atoms with Crippen LogP contribution in [-0.2, 0) is 4.79 Å². The Hall–Kier alpha value is -2.84. The third-order valence-electron chi connectivity index (χ3n) is 5.05. The van der Waals surface area contributed by atoms with Gasteiger partial charge in [0.2, 0.25) is 11.7 Å². The maximum atomic E-state index is 11.1. The van der Waals surface area contributed by atoms with Crippen molar-refractivity contribution in [3.8, 4) is 34.5 Å². The summed E-state index contributed by atoms with van der Waals surface area (Å²) in [5, 5.41) is 13.9. The highest BCUT2D eigenvalue weighted by atomic mass is 35.5. The van der Waals surface area contributed by atoms with Gasteiger partial charge in [0.15, 0.2) is 0 Å². The van der Waals surface area contributed by atoms with Crippen molar-refractivity contribution in [1.29, 1.82) is 0 Å². The molecule has 168 valence electrons. The summed E-state index contributed by atoms with van der Waals surface area (Å²) in [5.41, 5.74) is 1.12. The standard InChI is InChI=1S/C22H21Cl2N3O5/c1-11(2)30-21-18(24)8-13(10-25-21)20-26-19(27-32-20)16-6-5-15(9-17(16)23)31-14-4-3-12(7-14)22(28)29/h5-6,8-12,14H,3-4,7H2,1-2H3,(H,28,29)/t12-,14-/m1/s1. The maximum Gasteiger partial charge on any atom is 0.306 e. The second-order valence-corrected chi connectivity index (χ2v) is 8.64. The predicted molar refractivity (Wildman–Crippen MR) is 118 cm³/mol. The van der Waals surface area contributed by atoms with Gasteiger partial charge >= 0.3 is 5.97 Å². The van der Waals surface area contributed by atoms with Crippen LogP contribution in [0.4, 0.5) is 0 Å². The maximum absolute atomic E-state index is 11.1. The predicted octanol–water partition coefficient (Wildman–Crippen LogP) is 5.52. The van der Waals surface area contributed by atoms with E-state index in [-0.39, 0.29) is 24.0 Å². The first-order chi connectivity index (χ1) is 15.3. The highest BCUT2D eigenvalue weighted by molar-refractivity contribution is 6.33. The van der Waals surface area contributed by atoms with Crippen LogP contribution in [-0.4, -0.2) is 38.4 Å². The number of ether oxygens (including phenoxy) is 2. The Morgan fingerprint density at radius 3 is 2.69 bits per heavy atom. The van der Waals surface area contributed by atoms with Gasteiger partial charge in [0, 0.05) is 11.8 Å². The zero-order valence-corrected chi connectivity index (χ0v) is 18.9. The van der Waals surface area contributed by atoms with E-state index in [1.54, 1.807) is 30.5 Å². The van der Waals surface area contributed by atoms with E-state index in [1.807, 2.05) is 13.8 Å². The van der Waals surface area contributed by atoms with Crippen molar-refractivity contribution in [3.63, 3.8) is 0 Å². The van der Waals surface area contributed by atoms with E-state index in [0.29, 0.717) is 57.9 Å². The molecule has 0 amide bonds. The number of carboxylic acid groups (broad SMARTS) is 1. The molecule has 1 N–H and O–H groups in total. The van der Waals surface area contributed by atoms with Crippen LogP contribution >= 0.6 is 23.2 Å². The monoisotopic (exact) mass is 477 g/mol. The number of aliphatic carboxylic acids is 1. The second-order valence-electron chi connectivity index (χ2n) is 7.83. The lowest BCUT2D eigenvalue weighted by Crippen LogP contribution is -2.15. The summed E-state index contributed by atoms with van der Waals surface area (Å²) < 4.78 is 16.8. The number of aromatic nitrogens is 3. The van der Waals surface area contributed by atoms with Gasteiger partial charge in [-0.15, -0.1) is 0 Å². The van der Waals surface area contributed by atoms with E-state index in [0.717, 1.165) is 0 Å². The Kier molecular flexibility index (Phi) is 6.53. The van der Waals surface area contributed by atoms with E-state index < -0.39 is 5.97 Å². The molecular formula is C22H21Cl2N3O5. The quantitative estimate of drug-likeness (QED) is 0.473. The molecule has 1 aliphatic rings. The van der Waals surface area contributed by atoms with Gasteiger partial charge in [-0.1, -0.05) is 28.4 Å². The molecule has 1 fully saturated rings. The highest BCUT2D eigenvalue weighted by Gasteiger charge is 2.31. The SMILES string of the molecule is CC(C)Oc1ncc(-c2nc(-c3ccc(O[C@@H]4CC[C@@H](C(=O)O)C4)cc3Cl)no2)cc1Cl. The Morgan fingerprint density at radius 2 is 2.03 bits per heavy atom. The summed E-state index contributed by atoms with van der Waals surface area (Å²) in [6.45, 7) is 3.77. The Bertz CT molecular complexity index is 1130. The molecule has 3 aromatic rings. The molecule has 2 aromatic heterocycles. The van der Waals surface area contributed by atoms with Crippen LogP contribution in [0.15, 0.2) is 35.0 Å². The number of nitrogens with zero attached hydrogens (tertiary/aromatic N) is 3. The topological polar surface area (TPSA) is 108 Å². The number of benzene rings is 1. The van der Waals surface area contributed by atoms with Crippen LogP contribution in [0.3, 0.4) is 0 Å². The van der Waals surface area contributed by atoms with Crippen molar-refractivity contribution in [3.05, 3.63) is 40.5 Å². The van der Waals surface area contributed by atoms with E-state index >= 15 is 0 Å². The molecule has 0 aliphatic heterocycles. The number of halogens is 2. The van der Waals surface area contributed by atoms with Crippen molar-refractivity contribution in [2.75, 3.05) is 0 Å². The van der Waals surface area contributed by atoms with Gasteiger partial charge in [-0.3, -0.25) is 4.79 Å². The molecule has 1 aliphatic carbocycles. The Balaban J connectivity index is 1.48. The first-order valence-electron chi connectivity index (χ1n) is 10.2. The molecule has 4 rings (SSSR count). The molecule has 0 saturated heterocycles. The number of carboxylic acids is 1. The summed E-state index contributed by atoms with van der Waals surface area (Å²) in [5.74, 6) is 0.308. The number of rotatable bonds is 7. The first kappa shape index (κ1) is 22.4. The van der Waals surface area contributed by atoms with Gasteiger partial charge < -0.3 is 19.1 Å². The molecular weight excluding hydrogens is 457 g/mol. The largest absolute Gasteiger partial charge is 0.490 e. The zero-order chi connectivity index (χ0) is 22.8. The molecule has 2 heterocycles. The molecule has 0 bridgehead atoms. The summed E-state index contributed by atoms with van der Waals surface area (Å²) >= 11 is 12.7. The van der Waals surface area contributed by atoms with Crippen LogP contribution in [0.2, 0.25) is 10.0 Å². The molecule has 0 spiro atoms. The highest BCUT2D eigenvalue weighted by Crippen LogP contribution is 2.35. The molecule has 2 atom stereocenters. The Morgan fingerprint density at radius 1 is 1.22 bits per heavy atom. The third-order valence-corrected chi connectivity index (χ3v) is 5.63. The van der Waals surface area contributed by atoms with Crippen molar-refractivity contribution < 1.29 is 23.9 Å². The fourth-order valence-electron chi connectivity index (χ4n) is 3.52. The normalized spacial score (nSPS) is 18.2. The molecule has 10 heteroatoms. The summed E-state index contributed by atoms with van der Waals surface area (Å²) in [7, 11) is 0.